The first-order valence-electron chi connectivity index (χ1n) is 12.1. The van der Waals surface area contributed by atoms with Crippen molar-refractivity contribution in [1.82, 2.24) is 25.0 Å². The summed E-state index contributed by atoms with van der Waals surface area (Å²) < 4.78 is 40.5. The van der Waals surface area contributed by atoms with E-state index in [1.165, 1.54) is 0 Å². The van der Waals surface area contributed by atoms with Gasteiger partial charge in [-0.1, -0.05) is 36.4 Å². The zero-order valence-corrected chi connectivity index (χ0v) is 20.3. The van der Waals surface area contributed by atoms with Crippen LogP contribution in [0.25, 0.3) is 11.4 Å². The van der Waals surface area contributed by atoms with Crippen molar-refractivity contribution in [3.63, 3.8) is 0 Å². The van der Waals surface area contributed by atoms with Crippen molar-refractivity contribution in [2.45, 2.75) is 25.6 Å². The van der Waals surface area contributed by atoms with Crippen LogP contribution in [0.15, 0.2) is 48.5 Å². The minimum atomic E-state index is -4.27. The standard InChI is InChI=1S/C26H29F3N6O/c1-17-30-24(32-31-17)19-8-9-21(22(14-19)34-11-10-20(15-34)26(27,28)29)25(36)35-13-12-33(2)16-23(35)18-6-4-3-5-7-18/h3-9,14,20,23H,10-13,15-16H2,1-2H3,(H,30,31,32). The van der Waals surface area contributed by atoms with Crippen LogP contribution < -0.4 is 4.90 Å². The van der Waals surface area contributed by atoms with Gasteiger partial charge in [0.25, 0.3) is 5.91 Å². The predicted molar refractivity (Wildman–Crippen MR) is 131 cm³/mol. The van der Waals surface area contributed by atoms with Gasteiger partial charge < -0.3 is 19.7 Å². The number of rotatable bonds is 4. The Kier molecular flexibility index (Phi) is 6.46. The van der Waals surface area contributed by atoms with Crippen LogP contribution in [0, 0.1) is 12.8 Å². The van der Waals surface area contributed by atoms with Gasteiger partial charge in [-0.15, -0.1) is 10.2 Å². The summed E-state index contributed by atoms with van der Waals surface area (Å²) in [5.74, 6) is -0.450. The number of H-pyrrole nitrogens is 1. The highest BCUT2D eigenvalue weighted by atomic mass is 19.4. The van der Waals surface area contributed by atoms with E-state index >= 15 is 0 Å². The van der Waals surface area contributed by atoms with Crippen LogP contribution in [-0.4, -0.2) is 76.8 Å². The van der Waals surface area contributed by atoms with E-state index in [2.05, 4.69) is 20.1 Å². The number of nitrogens with zero attached hydrogens (tertiary/aromatic N) is 5. The van der Waals surface area contributed by atoms with Gasteiger partial charge in [0.05, 0.1) is 23.2 Å². The second-order valence-electron chi connectivity index (χ2n) is 9.65. The largest absolute Gasteiger partial charge is 0.393 e. The first-order chi connectivity index (χ1) is 17.2. The molecule has 2 aliphatic heterocycles. The highest BCUT2D eigenvalue weighted by Gasteiger charge is 2.44. The van der Waals surface area contributed by atoms with Gasteiger partial charge in [0.15, 0.2) is 5.82 Å². The molecule has 190 valence electrons. The number of hydrogen-bond donors (Lipinski definition) is 1. The number of aromatic amines is 1. The molecule has 0 radical (unpaired) electrons. The molecule has 2 atom stereocenters. The molecule has 2 aromatic carbocycles. The summed E-state index contributed by atoms with van der Waals surface area (Å²) in [5, 5.41) is 8.13. The Hall–Kier alpha value is -3.40. The van der Waals surface area contributed by atoms with Crippen LogP contribution >= 0.6 is 0 Å². The van der Waals surface area contributed by atoms with E-state index in [4.69, 9.17) is 0 Å². The average molecular weight is 499 g/mol. The molecule has 1 N–H and O–H groups in total. The number of amides is 1. The van der Waals surface area contributed by atoms with Gasteiger partial charge in [-0.05, 0) is 38.1 Å². The molecule has 7 nitrogen and oxygen atoms in total. The summed E-state index contributed by atoms with van der Waals surface area (Å²) in [6.07, 6.45) is -4.27. The topological polar surface area (TPSA) is 68.4 Å². The van der Waals surface area contributed by atoms with Crippen molar-refractivity contribution in [3.8, 4) is 11.4 Å². The maximum absolute atomic E-state index is 14.0. The van der Waals surface area contributed by atoms with Crippen molar-refractivity contribution in [1.29, 1.82) is 0 Å². The number of piperazine rings is 1. The minimum absolute atomic E-state index is 0.00389. The van der Waals surface area contributed by atoms with Crippen molar-refractivity contribution in [3.05, 3.63) is 65.5 Å². The molecule has 0 saturated carbocycles. The average Bonchev–Trinajstić information content (AvgIpc) is 3.53. The summed E-state index contributed by atoms with van der Waals surface area (Å²) in [6, 6.07) is 15.0. The molecule has 1 amide bonds. The van der Waals surface area contributed by atoms with Crippen LogP contribution in [0.5, 0.6) is 0 Å². The number of hydrogen-bond acceptors (Lipinski definition) is 5. The van der Waals surface area contributed by atoms with Crippen molar-refractivity contribution < 1.29 is 18.0 Å². The number of halogens is 3. The Balaban J connectivity index is 1.53. The number of carbonyl (C=O) groups excluding carboxylic acids is 1. The summed E-state index contributed by atoms with van der Waals surface area (Å²) >= 11 is 0. The second-order valence-corrected chi connectivity index (χ2v) is 9.65. The predicted octanol–water partition coefficient (Wildman–Crippen LogP) is 4.30. The quantitative estimate of drug-likeness (QED) is 0.581. The molecule has 1 aromatic heterocycles. The maximum atomic E-state index is 14.0. The van der Waals surface area contributed by atoms with Crippen LogP contribution in [0.2, 0.25) is 0 Å². The molecule has 36 heavy (non-hydrogen) atoms. The molecule has 10 heteroatoms. The van der Waals surface area contributed by atoms with E-state index < -0.39 is 12.1 Å². The van der Waals surface area contributed by atoms with E-state index in [1.54, 1.807) is 30.0 Å². The van der Waals surface area contributed by atoms with Crippen molar-refractivity contribution in [2.24, 2.45) is 5.92 Å². The van der Waals surface area contributed by atoms with Gasteiger partial charge >= 0.3 is 6.18 Å². The van der Waals surface area contributed by atoms with Crippen LogP contribution in [0.3, 0.4) is 0 Å². The Morgan fingerprint density at radius 3 is 2.47 bits per heavy atom. The lowest BCUT2D eigenvalue weighted by molar-refractivity contribution is -0.168. The molecule has 0 bridgehead atoms. The Labute approximate surface area is 207 Å². The number of benzene rings is 2. The van der Waals surface area contributed by atoms with Gasteiger partial charge in [0.1, 0.15) is 5.82 Å². The smallest absolute Gasteiger partial charge is 0.370 e. The molecular formula is C26H29F3N6O. The summed E-state index contributed by atoms with van der Waals surface area (Å²) in [4.78, 5) is 22.8. The Morgan fingerprint density at radius 1 is 1.03 bits per heavy atom. The van der Waals surface area contributed by atoms with Crippen molar-refractivity contribution in [2.75, 3.05) is 44.7 Å². The Morgan fingerprint density at radius 2 is 1.81 bits per heavy atom. The zero-order chi connectivity index (χ0) is 25.4. The minimum Gasteiger partial charge on any atom is -0.370 e. The number of anilines is 1. The van der Waals surface area contributed by atoms with E-state index in [9.17, 15) is 18.0 Å². The number of likely N-dealkylation sites (N-methyl/N-ethyl adjacent to an activating group) is 1. The summed E-state index contributed by atoms with van der Waals surface area (Å²) in [5.41, 5.74) is 2.62. The molecule has 2 saturated heterocycles. The van der Waals surface area contributed by atoms with Crippen LogP contribution in [-0.2, 0) is 0 Å². The Bertz CT molecular complexity index is 1230. The third-order valence-corrected chi connectivity index (χ3v) is 7.12. The molecule has 2 unspecified atom stereocenters. The van der Waals surface area contributed by atoms with Gasteiger partial charge in [0.2, 0.25) is 0 Å². The van der Waals surface area contributed by atoms with Crippen LogP contribution in [0.4, 0.5) is 18.9 Å². The molecule has 0 aliphatic carbocycles. The van der Waals surface area contributed by atoms with E-state index in [0.29, 0.717) is 41.6 Å². The lowest BCUT2D eigenvalue weighted by Gasteiger charge is -2.41. The van der Waals surface area contributed by atoms with E-state index in [-0.39, 0.29) is 31.5 Å². The fourth-order valence-corrected chi connectivity index (χ4v) is 5.12. The fourth-order valence-electron chi connectivity index (χ4n) is 5.12. The summed E-state index contributed by atoms with van der Waals surface area (Å²) in [6.45, 7) is 3.77. The number of carbonyl (C=O) groups is 1. The molecule has 2 aliphatic rings. The van der Waals surface area contributed by atoms with E-state index in [1.807, 2.05) is 42.3 Å². The highest BCUT2D eigenvalue weighted by Crippen LogP contribution is 2.38. The molecule has 2 fully saturated rings. The first-order valence-corrected chi connectivity index (χ1v) is 12.1. The molecule has 0 spiro atoms. The van der Waals surface area contributed by atoms with Gasteiger partial charge in [-0.25, -0.2) is 0 Å². The molecular weight excluding hydrogens is 469 g/mol. The summed E-state index contributed by atoms with van der Waals surface area (Å²) in [7, 11) is 2.03. The van der Waals surface area contributed by atoms with Crippen LogP contribution in [0.1, 0.15) is 34.2 Å². The third-order valence-electron chi connectivity index (χ3n) is 7.12. The number of aromatic nitrogens is 3. The molecule has 3 aromatic rings. The number of aryl methyl sites for hydroxylation is 1. The third kappa shape index (κ3) is 4.82. The van der Waals surface area contributed by atoms with Crippen molar-refractivity contribution >= 4 is 11.6 Å². The zero-order valence-electron chi connectivity index (χ0n) is 20.3. The maximum Gasteiger partial charge on any atom is 0.393 e. The van der Waals surface area contributed by atoms with Gasteiger partial charge in [-0.3, -0.25) is 4.79 Å². The normalized spacial score (nSPS) is 21.2. The van der Waals surface area contributed by atoms with Gasteiger partial charge in [0, 0.05) is 38.3 Å². The second kappa shape index (κ2) is 9.57. The van der Waals surface area contributed by atoms with Gasteiger partial charge in [-0.2, -0.15) is 13.2 Å². The molecule has 5 rings (SSSR count). The first kappa shape index (κ1) is 24.3. The lowest BCUT2D eigenvalue weighted by Crippen LogP contribution is -2.49. The lowest BCUT2D eigenvalue weighted by atomic mass is 9.99. The highest BCUT2D eigenvalue weighted by molar-refractivity contribution is 6.01. The monoisotopic (exact) mass is 498 g/mol. The molecule has 3 heterocycles. The fraction of sp³-hybridized carbons (Fsp3) is 0.423. The SMILES string of the molecule is Cc1nnc(-c2ccc(C(=O)N3CCN(C)CC3c3ccccc3)c(N3CCC(C(F)(F)F)C3)c2)[nH]1. The number of alkyl halides is 3. The number of nitrogens with one attached hydrogen (secondary N) is 1. The van der Waals surface area contributed by atoms with E-state index in [0.717, 1.165) is 12.1 Å².